The lowest BCUT2D eigenvalue weighted by molar-refractivity contribution is 0.0673. The molecule has 0 aliphatic carbocycles. The third kappa shape index (κ3) is 1.47. The summed E-state index contributed by atoms with van der Waals surface area (Å²) in [6.45, 7) is 0. The van der Waals surface area contributed by atoms with Crippen LogP contribution in [0.3, 0.4) is 0 Å². The summed E-state index contributed by atoms with van der Waals surface area (Å²) in [5.41, 5.74) is 0. The van der Waals surface area contributed by atoms with Gasteiger partial charge in [-0.2, -0.15) is 0 Å². The van der Waals surface area contributed by atoms with E-state index >= 15 is 0 Å². The highest BCUT2D eigenvalue weighted by Crippen LogP contribution is 2.18. The Labute approximate surface area is 79.8 Å². The van der Waals surface area contributed by atoms with E-state index in [4.69, 9.17) is 8.83 Å². The van der Waals surface area contributed by atoms with Crippen LogP contribution in [-0.2, 0) is 0 Å². The molecule has 1 N–H and O–H groups in total. The van der Waals surface area contributed by atoms with Crippen LogP contribution in [0.15, 0.2) is 45.6 Å². The van der Waals surface area contributed by atoms with Gasteiger partial charge in [0, 0.05) is 0 Å². The first-order chi connectivity index (χ1) is 6.79. The van der Waals surface area contributed by atoms with Gasteiger partial charge >= 0.3 is 0 Å². The molecule has 2 aromatic rings. The lowest BCUT2D eigenvalue weighted by Gasteiger charge is -2.03. The number of hydrogen-bond acceptors (Lipinski definition) is 4. The third-order valence-corrected chi connectivity index (χ3v) is 1.83. The normalized spacial score (nSPS) is 12.6. The van der Waals surface area contributed by atoms with Crippen molar-refractivity contribution in [3.63, 3.8) is 0 Å². The van der Waals surface area contributed by atoms with Gasteiger partial charge in [-0.3, -0.25) is 4.79 Å². The second-order valence-corrected chi connectivity index (χ2v) is 2.76. The molecule has 0 spiro atoms. The molecule has 0 amide bonds. The number of furan rings is 2. The predicted octanol–water partition coefficient (Wildman–Crippen LogP) is 1.79. The Bertz CT molecular complexity index is 399. The summed E-state index contributed by atoms with van der Waals surface area (Å²) in [5.74, 6) is -0.176. The molecule has 72 valence electrons. The minimum atomic E-state index is -1.30. The predicted molar refractivity (Wildman–Crippen MR) is 46.7 cm³/mol. The van der Waals surface area contributed by atoms with Gasteiger partial charge in [-0.15, -0.1) is 0 Å². The number of aliphatic hydroxyl groups is 1. The summed E-state index contributed by atoms with van der Waals surface area (Å²) in [4.78, 5) is 11.5. The van der Waals surface area contributed by atoms with Gasteiger partial charge < -0.3 is 13.9 Å². The van der Waals surface area contributed by atoms with Crippen molar-refractivity contribution in [2.24, 2.45) is 0 Å². The molecule has 0 bridgehead atoms. The number of hydrogen-bond donors (Lipinski definition) is 1. The molecule has 0 saturated carbocycles. The fourth-order valence-electron chi connectivity index (χ4n) is 1.13. The highest BCUT2D eigenvalue weighted by atomic mass is 16.4. The number of ketones is 1. The Morgan fingerprint density at radius 3 is 2.50 bits per heavy atom. The van der Waals surface area contributed by atoms with Crippen LogP contribution in [0.25, 0.3) is 0 Å². The van der Waals surface area contributed by atoms with Crippen LogP contribution >= 0.6 is 0 Å². The fraction of sp³-hybridized carbons (Fsp3) is 0.100. The van der Waals surface area contributed by atoms with E-state index in [0.29, 0.717) is 0 Å². The summed E-state index contributed by atoms with van der Waals surface area (Å²) in [7, 11) is 0. The molecule has 1 atom stereocenters. The monoisotopic (exact) mass is 192 g/mol. The Kier molecular flexibility index (Phi) is 2.20. The first kappa shape index (κ1) is 8.77. The molecule has 2 rings (SSSR count). The van der Waals surface area contributed by atoms with E-state index in [1.807, 2.05) is 0 Å². The van der Waals surface area contributed by atoms with Gasteiger partial charge in [-0.05, 0) is 24.3 Å². The van der Waals surface area contributed by atoms with Crippen LogP contribution in [-0.4, -0.2) is 10.9 Å². The van der Waals surface area contributed by atoms with Crippen molar-refractivity contribution in [1.82, 2.24) is 0 Å². The van der Waals surface area contributed by atoms with Crippen LogP contribution < -0.4 is 0 Å². The zero-order chi connectivity index (χ0) is 9.97. The van der Waals surface area contributed by atoms with Crippen molar-refractivity contribution in [2.75, 3.05) is 0 Å². The maximum Gasteiger partial charge on any atom is 0.234 e. The summed E-state index contributed by atoms with van der Waals surface area (Å²) in [6, 6.07) is 6.22. The van der Waals surface area contributed by atoms with E-state index in [9.17, 15) is 9.90 Å². The number of rotatable bonds is 3. The van der Waals surface area contributed by atoms with Crippen molar-refractivity contribution in [1.29, 1.82) is 0 Å². The fourth-order valence-corrected chi connectivity index (χ4v) is 1.13. The number of carbonyl (C=O) groups is 1. The molecule has 0 saturated heterocycles. The molecule has 2 aromatic heterocycles. The second kappa shape index (κ2) is 3.51. The Hall–Kier alpha value is -1.81. The standard InChI is InChI=1S/C10H8O4/c11-9(7-3-1-5-13-7)10(12)8-4-2-6-14-8/h1-6,9,11H/t9-/m1/s1. The minimum Gasteiger partial charge on any atom is -0.466 e. The molecular weight excluding hydrogens is 184 g/mol. The van der Waals surface area contributed by atoms with E-state index < -0.39 is 11.9 Å². The molecule has 4 nitrogen and oxygen atoms in total. The van der Waals surface area contributed by atoms with Crippen molar-refractivity contribution in [3.05, 3.63) is 48.3 Å². The van der Waals surface area contributed by atoms with Crippen LogP contribution in [0.5, 0.6) is 0 Å². The topological polar surface area (TPSA) is 63.6 Å². The molecule has 14 heavy (non-hydrogen) atoms. The van der Waals surface area contributed by atoms with Gasteiger partial charge in [0.05, 0.1) is 12.5 Å². The van der Waals surface area contributed by atoms with Crippen molar-refractivity contribution < 1.29 is 18.7 Å². The number of carbonyl (C=O) groups excluding carboxylic acids is 1. The largest absolute Gasteiger partial charge is 0.466 e. The lowest BCUT2D eigenvalue weighted by Crippen LogP contribution is -2.10. The van der Waals surface area contributed by atoms with Gasteiger partial charge in [0.25, 0.3) is 0 Å². The number of aliphatic hydroxyl groups excluding tert-OH is 1. The third-order valence-electron chi connectivity index (χ3n) is 1.83. The van der Waals surface area contributed by atoms with Gasteiger partial charge in [-0.1, -0.05) is 0 Å². The summed E-state index contributed by atoms with van der Waals surface area (Å²) in [6.07, 6.45) is 1.48. The average Bonchev–Trinajstić information content (AvgIpc) is 2.87. The maximum atomic E-state index is 11.5. The quantitative estimate of drug-likeness (QED) is 0.753. The summed E-state index contributed by atoms with van der Waals surface area (Å²) in [5, 5.41) is 9.55. The minimum absolute atomic E-state index is 0.119. The van der Waals surface area contributed by atoms with Crippen molar-refractivity contribution in [3.8, 4) is 0 Å². The first-order valence-corrected chi connectivity index (χ1v) is 4.08. The smallest absolute Gasteiger partial charge is 0.234 e. The van der Waals surface area contributed by atoms with Crippen LogP contribution in [0.2, 0.25) is 0 Å². The van der Waals surface area contributed by atoms with E-state index in [2.05, 4.69) is 0 Å². The van der Waals surface area contributed by atoms with E-state index in [-0.39, 0.29) is 11.5 Å². The highest BCUT2D eigenvalue weighted by molar-refractivity contribution is 5.97. The molecule has 0 aliphatic rings. The molecule has 0 unspecified atom stereocenters. The van der Waals surface area contributed by atoms with Crippen molar-refractivity contribution >= 4 is 5.78 Å². The number of Topliss-reactive ketones (excluding diaryl/α,β-unsaturated/α-hetero) is 1. The summed E-state index contributed by atoms with van der Waals surface area (Å²) >= 11 is 0. The molecule has 2 heterocycles. The summed E-state index contributed by atoms with van der Waals surface area (Å²) < 4.78 is 9.77. The Morgan fingerprint density at radius 1 is 1.21 bits per heavy atom. The van der Waals surface area contributed by atoms with E-state index in [1.165, 1.54) is 24.7 Å². The van der Waals surface area contributed by atoms with Crippen LogP contribution in [0.4, 0.5) is 0 Å². The zero-order valence-electron chi connectivity index (χ0n) is 7.21. The Morgan fingerprint density at radius 2 is 1.93 bits per heavy atom. The van der Waals surface area contributed by atoms with Gasteiger partial charge in [0.2, 0.25) is 5.78 Å². The van der Waals surface area contributed by atoms with Gasteiger partial charge in [0.1, 0.15) is 5.76 Å². The first-order valence-electron chi connectivity index (χ1n) is 4.08. The molecule has 0 radical (unpaired) electrons. The molecular formula is C10H8O4. The Balaban J connectivity index is 2.21. The SMILES string of the molecule is O=C(c1ccco1)[C@H](O)c1ccco1. The molecule has 0 fully saturated rings. The van der Waals surface area contributed by atoms with Gasteiger partial charge in [0.15, 0.2) is 11.9 Å². The van der Waals surface area contributed by atoms with E-state index in [1.54, 1.807) is 12.1 Å². The lowest BCUT2D eigenvalue weighted by atomic mass is 10.1. The van der Waals surface area contributed by atoms with Gasteiger partial charge in [-0.25, -0.2) is 0 Å². The van der Waals surface area contributed by atoms with Crippen LogP contribution in [0, 0.1) is 0 Å². The highest BCUT2D eigenvalue weighted by Gasteiger charge is 2.23. The average molecular weight is 192 g/mol. The van der Waals surface area contributed by atoms with E-state index in [0.717, 1.165) is 0 Å². The zero-order valence-corrected chi connectivity index (χ0v) is 7.21. The molecule has 0 aliphatic heterocycles. The second-order valence-electron chi connectivity index (χ2n) is 2.76. The maximum absolute atomic E-state index is 11.5. The van der Waals surface area contributed by atoms with Crippen LogP contribution in [0.1, 0.15) is 22.4 Å². The molecule has 0 aromatic carbocycles. The van der Waals surface area contributed by atoms with Crippen molar-refractivity contribution in [2.45, 2.75) is 6.10 Å². The molecule has 4 heteroatoms.